The monoisotopic (exact) mass is 223 g/mol. The molecule has 2 atom stereocenters. The maximum absolute atomic E-state index is 11.2. The molecule has 1 amide bonds. The predicted molar refractivity (Wildman–Crippen MR) is 66.1 cm³/mol. The van der Waals surface area contributed by atoms with E-state index in [4.69, 9.17) is 0 Å². The normalized spacial score (nSPS) is 32.3. The van der Waals surface area contributed by atoms with Crippen LogP contribution in [0.4, 0.5) is 0 Å². The van der Waals surface area contributed by atoms with Crippen molar-refractivity contribution in [3.05, 3.63) is 0 Å². The van der Waals surface area contributed by atoms with Crippen LogP contribution in [0.3, 0.4) is 0 Å². The molecule has 0 aliphatic heterocycles. The molecule has 2 aliphatic carbocycles. The van der Waals surface area contributed by atoms with Gasteiger partial charge in [0.25, 0.3) is 0 Å². The summed E-state index contributed by atoms with van der Waals surface area (Å²) < 4.78 is 0. The number of carbonyl (C=O) groups excluding carboxylic acids is 1. The van der Waals surface area contributed by atoms with E-state index in [1.165, 1.54) is 57.8 Å². The average Bonchev–Trinajstić information content (AvgIpc) is 2.30. The highest BCUT2D eigenvalue weighted by molar-refractivity contribution is 5.73. The van der Waals surface area contributed by atoms with Crippen molar-refractivity contribution in [1.82, 2.24) is 5.32 Å². The summed E-state index contributed by atoms with van der Waals surface area (Å²) >= 11 is 0. The Hall–Kier alpha value is -0.530. The molecule has 92 valence electrons. The van der Waals surface area contributed by atoms with E-state index in [9.17, 15) is 4.79 Å². The molecule has 0 bridgehead atoms. The van der Waals surface area contributed by atoms with Crippen molar-refractivity contribution in [1.29, 1.82) is 0 Å². The lowest BCUT2D eigenvalue weighted by Gasteiger charge is -2.39. The molecule has 2 fully saturated rings. The van der Waals surface area contributed by atoms with Gasteiger partial charge >= 0.3 is 0 Å². The highest BCUT2D eigenvalue weighted by Crippen LogP contribution is 2.38. The number of hydrogen-bond acceptors (Lipinski definition) is 1. The Morgan fingerprint density at radius 3 is 2.25 bits per heavy atom. The Labute approximate surface area is 99.2 Å². The summed E-state index contributed by atoms with van der Waals surface area (Å²) in [7, 11) is 0. The molecule has 2 saturated carbocycles. The summed E-state index contributed by atoms with van der Waals surface area (Å²) in [5.41, 5.74) is 0. The molecule has 0 spiro atoms. The summed E-state index contributed by atoms with van der Waals surface area (Å²) in [4.78, 5) is 11.2. The van der Waals surface area contributed by atoms with Gasteiger partial charge in [-0.25, -0.2) is 0 Å². The second-order valence-corrected chi connectivity index (χ2v) is 5.65. The van der Waals surface area contributed by atoms with E-state index >= 15 is 0 Å². The minimum Gasteiger partial charge on any atom is -0.353 e. The van der Waals surface area contributed by atoms with Gasteiger partial charge in [0.2, 0.25) is 5.91 Å². The second-order valence-electron chi connectivity index (χ2n) is 5.65. The molecule has 0 aromatic heterocycles. The molecule has 16 heavy (non-hydrogen) atoms. The van der Waals surface area contributed by atoms with E-state index in [1.54, 1.807) is 6.92 Å². The Kier molecular flexibility index (Phi) is 4.25. The molecule has 0 aromatic rings. The van der Waals surface area contributed by atoms with Crippen LogP contribution in [0.5, 0.6) is 0 Å². The molecule has 0 radical (unpaired) electrons. The van der Waals surface area contributed by atoms with Crippen LogP contribution in [0, 0.1) is 11.8 Å². The van der Waals surface area contributed by atoms with Crippen molar-refractivity contribution < 1.29 is 4.79 Å². The lowest BCUT2D eigenvalue weighted by molar-refractivity contribution is -0.120. The van der Waals surface area contributed by atoms with Crippen molar-refractivity contribution in [2.75, 3.05) is 0 Å². The molecule has 0 unspecified atom stereocenters. The predicted octanol–water partition coefficient (Wildman–Crippen LogP) is 3.26. The lowest BCUT2D eigenvalue weighted by atomic mass is 9.71. The summed E-state index contributed by atoms with van der Waals surface area (Å²) in [5, 5.41) is 3.19. The molecule has 0 aromatic carbocycles. The van der Waals surface area contributed by atoms with Crippen LogP contribution in [0.15, 0.2) is 0 Å². The van der Waals surface area contributed by atoms with Crippen LogP contribution in [-0.4, -0.2) is 11.9 Å². The van der Waals surface area contributed by atoms with Gasteiger partial charge in [-0.3, -0.25) is 4.79 Å². The zero-order valence-corrected chi connectivity index (χ0v) is 10.5. The number of rotatable bonds is 2. The maximum Gasteiger partial charge on any atom is 0.217 e. The first-order valence-corrected chi connectivity index (χ1v) is 7.04. The SMILES string of the molecule is CC(=O)N[C@@H]1CCCC[C@H]1C1CCCCC1. The van der Waals surface area contributed by atoms with Gasteiger partial charge in [0.05, 0.1) is 0 Å². The van der Waals surface area contributed by atoms with Crippen molar-refractivity contribution in [2.24, 2.45) is 11.8 Å². The van der Waals surface area contributed by atoms with Gasteiger partial charge in [-0.1, -0.05) is 44.9 Å². The number of nitrogens with one attached hydrogen (secondary N) is 1. The number of carbonyl (C=O) groups is 1. The second kappa shape index (κ2) is 5.70. The van der Waals surface area contributed by atoms with Gasteiger partial charge in [0.15, 0.2) is 0 Å². The summed E-state index contributed by atoms with van der Waals surface area (Å²) in [6.45, 7) is 1.66. The van der Waals surface area contributed by atoms with E-state index < -0.39 is 0 Å². The highest BCUT2D eigenvalue weighted by Gasteiger charge is 2.32. The third-order valence-corrected chi connectivity index (χ3v) is 4.46. The van der Waals surface area contributed by atoms with E-state index in [1.807, 2.05) is 0 Å². The van der Waals surface area contributed by atoms with Crippen molar-refractivity contribution in [3.8, 4) is 0 Å². The molecular formula is C14H25NO. The fraction of sp³-hybridized carbons (Fsp3) is 0.929. The zero-order chi connectivity index (χ0) is 11.4. The molecule has 2 rings (SSSR count). The van der Waals surface area contributed by atoms with E-state index in [-0.39, 0.29) is 5.91 Å². The molecule has 2 nitrogen and oxygen atoms in total. The van der Waals surface area contributed by atoms with Crippen molar-refractivity contribution in [3.63, 3.8) is 0 Å². The first-order valence-electron chi connectivity index (χ1n) is 7.04. The average molecular weight is 223 g/mol. The van der Waals surface area contributed by atoms with Crippen LogP contribution in [0.2, 0.25) is 0 Å². The lowest BCUT2D eigenvalue weighted by Crippen LogP contribution is -2.44. The first-order chi connectivity index (χ1) is 7.77. The molecule has 2 heteroatoms. The third kappa shape index (κ3) is 2.99. The van der Waals surface area contributed by atoms with Gasteiger partial charge in [-0.15, -0.1) is 0 Å². The van der Waals surface area contributed by atoms with Gasteiger partial charge < -0.3 is 5.32 Å². The Morgan fingerprint density at radius 2 is 1.56 bits per heavy atom. The third-order valence-electron chi connectivity index (χ3n) is 4.46. The number of amides is 1. The Morgan fingerprint density at radius 1 is 0.938 bits per heavy atom. The van der Waals surface area contributed by atoms with E-state index in [2.05, 4.69) is 5.32 Å². The molecule has 0 heterocycles. The fourth-order valence-electron chi connectivity index (χ4n) is 3.73. The molecule has 2 aliphatic rings. The van der Waals surface area contributed by atoms with Crippen LogP contribution in [0.25, 0.3) is 0 Å². The summed E-state index contributed by atoms with van der Waals surface area (Å²) in [5.74, 6) is 1.83. The first kappa shape index (κ1) is 11.9. The van der Waals surface area contributed by atoms with E-state index in [0.29, 0.717) is 6.04 Å². The van der Waals surface area contributed by atoms with Gasteiger partial charge in [0, 0.05) is 13.0 Å². The molecule has 0 saturated heterocycles. The van der Waals surface area contributed by atoms with Crippen molar-refractivity contribution in [2.45, 2.75) is 70.8 Å². The Balaban J connectivity index is 1.94. The van der Waals surface area contributed by atoms with Crippen LogP contribution in [0.1, 0.15) is 64.7 Å². The van der Waals surface area contributed by atoms with Gasteiger partial charge in [-0.2, -0.15) is 0 Å². The maximum atomic E-state index is 11.2. The molecule has 1 N–H and O–H groups in total. The fourth-order valence-corrected chi connectivity index (χ4v) is 3.73. The smallest absolute Gasteiger partial charge is 0.217 e. The summed E-state index contributed by atoms with van der Waals surface area (Å²) in [6.07, 6.45) is 12.3. The van der Waals surface area contributed by atoms with Crippen LogP contribution < -0.4 is 5.32 Å². The summed E-state index contributed by atoms with van der Waals surface area (Å²) in [6, 6.07) is 0.481. The largest absolute Gasteiger partial charge is 0.353 e. The quantitative estimate of drug-likeness (QED) is 0.765. The number of hydrogen-bond donors (Lipinski definition) is 1. The highest BCUT2D eigenvalue weighted by atomic mass is 16.1. The van der Waals surface area contributed by atoms with Crippen LogP contribution in [-0.2, 0) is 4.79 Å². The van der Waals surface area contributed by atoms with E-state index in [0.717, 1.165) is 11.8 Å². The van der Waals surface area contributed by atoms with Crippen LogP contribution >= 0.6 is 0 Å². The topological polar surface area (TPSA) is 29.1 Å². The molecular weight excluding hydrogens is 198 g/mol. The van der Waals surface area contributed by atoms with Gasteiger partial charge in [0.1, 0.15) is 0 Å². The standard InChI is InChI=1S/C14H25NO/c1-11(16)15-14-10-6-5-9-13(14)12-7-3-2-4-8-12/h12-14H,2-10H2,1H3,(H,15,16)/t13-,14+/m0/s1. The minimum atomic E-state index is 0.160. The van der Waals surface area contributed by atoms with Crippen molar-refractivity contribution >= 4 is 5.91 Å². The van der Waals surface area contributed by atoms with Gasteiger partial charge in [-0.05, 0) is 24.7 Å². The minimum absolute atomic E-state index is 0.160. The zero-order valence-electron chi connectivity index (χ0n) is 10.5. The Bertz CT molecular complexity index is 233.